The molecule has 1 aliphatic carbocycles. The van der Waals surface area contributed by atoms with E-state index in [2.05, 4.69) is 5.10 Å². The largest absolute Gasteiger partial charge is 0.387 e. The van der Waals surface area contributed by atoms with E-state index in [9.17, 15) is 5.11 Å². The van der Waals surface area contributed by atoms with Gasteiger partial charge in [-0.2, -0.15) is 5.10 Å². The van der Waals surface area contributed by atoms with Gasteiger partial charge >= 0.3 is 0 Å². The van der Waals surface area contributed by atoms with Gasteiger partial charge in [0.25, 0.3) is 0 Å². The summed E-state index contributed by atoms with van der Waals surface area (Å²) in [5.41, 5.74) is 7.99. The van der Waals surface area contributed by atoms with Crippen LogP contribution in [0.15, 0.2) is 6.20 Å². The van der Waals surface area contributed by atoms with E-state index in [0.29, 0.717) is 5.92 Å². The maximum atomic E-state index is 10.3. The van der Waals surface area contributed by atoms with Crippen LogP contribution in [0.5, 0.6) is 0 Å². The third kappa shape index (κ3) is 2.69. The number of aliphatic hydroxyl groups is 1. The first-order valence-corrected chi connectivity index (χ1v) is 6.51. The molecule has 3 N–H and O–H groups in total. The van der Waals surface area contributed by atoms with Crippen LogP contribution in [0.25, 0.3) is 0 Å². The van der Waals surface area contributed by atoms with Gasteiger partial charge in [0.15, 0.2) is 0 Å². The Labute approximate surface area is 103 Å². The van der Waals surface area contributed by atoms with Gasteiger partial charge in [-0.3, -0.25) is 4.68 Å². The molecule has 1 fully saturated rings. The summed E-state index contributed by atoms with van der Waals surface area (Å²) in [7, 11) is 1.88. The molecule has 0 saturated heterocycles. The van der Waals surface area contributed by atoms with Gasteiger partial charge in [0.2, 0.25) is 0 Å². The maximum Gasteiger partial charge on any atom is 0.0973 e. The number of nitrogens with two attached hydrogens (primary N) is 1. The molecule has 17 heavy (non-hydrogen) atoms. The highest BCUT2D eigenvalue weighted by atomic mass is 16.3. The minimum absolute atomic E-state index is 0.166. The highest BCUT2D eigenvalue weighted by Gasteiger charge is 2.25. The van der Waals surface area contributed by atoms with Gasteiger partial charge in [-0.05, 0) is 19.3 Å². The molecule has 4 nitrogen and oxygen atoms in total. The molecule has 0 bridgehead atoms. The van der Waals surface area contributed by atoms with Crippen molar-refractivity contribution >= 4 is 0 Å². The summed E-state index contributed by atoms with van der Waals surface area (Å²) in [4.78, 5) is 0. The minimum Gasteiger partial charge on any atom is -0.387 e. The standard InChI is InChI=1S/C13H23N3O/c1-9-11(8-15-16(9)2)13(17)12(14)7-10-5-3-4-6-10/h8,10,12-13,17H,3-7,14H2,1-2H3. The maximum absolute atomic E-state index is 10.3. The summed E-state index contributed by atoms with van der Waals surface area (Å²) < 4.78 is 1.78. The second kappa shape index (κ2) is 5.19. The fourth-order valence-electron chi connectivity index (χ4n) is 2.80. The van der Waals surface area contributed by atoms with Crippen molar-refractivity contribution in [1.29, 1.82) is 0 Å². The lowest BCUT2D eigenvalue weighted by molar-refractivity contribution is 0.133. The molecule has 2 rings (SSSR count). The lowest BCUT2D eigenvalue weighted by Crippen LogP contribution is -2.30. The van der Waals surface area contributed by atoms with Crippen LogP contribution in [-0.2, 0) is 7.05 Å². The summed E-state index contributed by atoms with van der Waals surface area (Å²) in [6.07, 6.45) is 7.26. The summed E-state index contributed by atoms with van der Waals surface area (Å²) in [5.74, 6) is 0.705. The Balaban J connectivity index is 1.98. The van der Waals surface area contributed by atoms with Crippen LogP contribution in [-0.4, -0.2) is 20.9 Å². The van der Waals surface area contributed by atoms with Crippen LogP contribution in [0.4, 0.5) is 0 Å². The lowest BCUT2D eigenvalue weighted by Gasteiger charge is -2.21. The molecule has 4 heteroatoms. The third-order valence-corrected chi connectivity index (χ3v) is 4.08. The number of aliphatic hydroxyl groups excluding tert-OH is 1. The van der Waals surface area contributed by atoms with Crippen LogP contribution < -0.4 is 5.73 Å². The first-order chi connectivity index (χ1) is 8.09. The third-order valence-electron chi connectivity index (χ3n) is 4.08. The van der Waals surface area contributed by atoms with Gasteiger partial charge in [0.1, 0.15) is 0 Å². The predicted molar refractivity (Wildman–Crippen MR) is 67.5 cm³/mol. The van der Waals surface area contributed by atoms with Crippen LogP contribution in [0, 0.1) is 12.8 Å². The zero-order valence-corrected chi connectivity index (χ0v) is 10.8. The number of rotatable bonds is 4. The lowest BCUT2D eigenvalue weighted by atomic mass is 9.93. The van der Waals surface area contributed by atoms with Crippen molar-refractivity contribution < 1.29 is 5.11 Å². The van der Waals surface area contributed by atoms with Gasteiger partial charge in [0.05, 0.1) is 12.3 Å². The van der Waals surface area contributed by atoms with Gasteiger partial charge in [-0.1, -0.05) is 25.7 Å². The molecule has 0 radical (unpaired) electrons. The average Bonchev–Trinajstić information content (AvgIpc) is 2.90. The molecule has 0 aliphatic heterocycles. The highest BCUT2D eigenvalue weighted by molar-refractivity contribution is 5.20. The van der Waals surface area contributed by atoms with Gasteiger partial charge in [-0.15, -0.1) is 0 Å². The quantitative estimate of drug-likeness (QED) is 0.837. The Kier molecular flexibility index (Phi) is 3.84. The Hall–Kier alpha value is -0.870. The Morgan fingerprint density at radius 2 is 2.18 bits per heavy atom. The van der Waals surface area contributed by atoms with Crippen molar-refractivity contribution in [2.75, 3.05) is 0 Å². The summed E-state index contributed by atoms with van der Waals surface area (Å²) >= 11 is 0. The van der Waals surface area contributed by atoms with E-state index in [1.807, 2.05) is 14.0 Å². The summed E-state index contributed by atoms with van der Waals surface area (Å²) in [6.45, 7) is 1.97. The first-order valence-electron chi connectivity index (χ1n) is 6.51. The zero-order chi connectivity index (χ0) is 12.4. The topological polar surface area (TPSA) is 64.1 Å². The normalized spacial score (nSPS) is 20.7. The van der Waals surface area contributed by atoms with E-state index in [1.165, 1.54) is 25.7 Å². The predicted octanol–water partition coefficient (Wildman–Crippen LogP) is 1.67. The van der Waals surface area contributed by atoms with Crippen molar-refractivity contribution in [3.05, 3.63) is 17.5 Å². The fraction of sp³-hybridized carbons (Fsp3) is 0.769. The molecule has 1 heterocycles. The number of aryl methyl sites for hydroxylation is 1. The van der Waals surface area contributed by atoms with E-state index in [1.54, 1.807) is 10.9 Å². The number of hydrogen-bond donors (Lipinski definition) is 2. The van der Waals surface area contributed by atoms with Crippen molar-refractivity contribution in [2.45, 2.75) is 51.2 Å². The van der Waals surface area contributed by atoms with Crippen molar-refractivity contribution in [1.82, 2.24) is 9.78 Å². The second-order valence-corrected chi connectivity index (χ2v) is 5.30. The molecule has 1 aromatic heterocycles. The number of nitrogens with zero attached hydrogens (tertiary/aromatic N) is 2. The molecule has 1 aromatic rings. The van der Waals surface area contributed by atoms with E-state index >= 15 is 0 Å². The Morgan fingerprint density at radius 1 is 1.53 bits per heavy atom. The average molecular weight is 237 g/mol. The van der Waals surface area contributed by atoms with Gasteiger partial charge in [0, 0.05) is 24.3 Å². The van der Waals surface area contributed by atoms with E-state index in [-0.39, 0.29) is 6.04 Å². The number of hydrogen-bond acceptors (Lipinski definition) is 3. The van der Waals surface area contributed by atoms with Gasteiger partial charge in [-0.25, -0.2) is 0 Å². The smallest absolute Gasteiger partial charge is 0.0973 e. The monoisotopic (exact) mass is 237 g/mol. The summed E-state index contributed by atoms with van der Waals surface area (Å²) in [5, 5.41) is 14.4. The molecule has 0 amide bonds. The van der Waals surface area contributed by atoms with Crippen LogP contribution in [0.2, 0.25) is 0 Å². The van der Waals surface area contributed by atoms with Crippen LogP contribution in [0.1, 0.15) is 49.5 Å². The molecule has 1 aliphatic rings. The van der Waals surface area contributed by atoms with Crippen LogP contribution >= 0.6 is 0 Å². The minimum atomic E-state index is -0.579. The fourth-order valence-corrected chi connectivity index (χ4v) is 2.80. The Morgan fingerprint density at radius 3 is 2.71 bits per heavy atom. The highest BCUT2D eigenvalue weighted by Crippen LogP contribution is 2.31. The molecule has 0 aromatic carbocycles. The van der Waals surface area contributed by atoms with E-state index in [0.717, 1.165) is 17.7 Å². The molecule has 2 atom stereocenters. The molecular formula is C13H23N3O. The molecule has 2 unspecified atom stereocenters. The van der Waals surface area contributed by atoms with Crippen molar-refractivity contribution in [2.24, 2.45) is 18.7 Å². The second-order valence-electron chi connectivity index (χ2n) is 5.30. The van der Waals surface area contributed by atoms with Gasteiger partial charge < -0.3 is 10.8 Å². The number of aromatic nitrogens is 2. The first kappa shape index (κ1) is 12.6. The molecule has 1 saturated carbocycles. The van der Waals surface area contributed by atoms with Crippen LogP contribution in [0.3, 0.4) is 0 Å². The molecular weight excluding hydrogens is 214 g/mol. The molecule has 96 valence electrons. The summed E-state index contributed by atoms with van der Waals surface area (Å²) in [6, 6.07) is -0.166. The van der Waals surface area contributed by atoms with Crippen molar-refractivity contribution in [3.63, 3.8) is 0 Å². The molecule has 0 spiro atoms. The SMILES string of the molecule is Cc1c(C(O)C(N)CC2CCCC2)cnn1C. The zero-order valence-electron chi connectivity index (χ0n) is 10.8. The van der Waals surface area contributed by atoms with Crippen molar-refractivity contribution in [3.8, 4) is 0 Å². The Bertz CT molecular complexity index is 369. The van der Waals surface area contributed by atoms with E-state index in [4.69, 9.17) is 5.73 Å². The van der Waals surface area contributed by atoms with E-state index < -0.39 is 6.10 Å².